The van der Waals surface area contributed by atoms with Crippen molar-refractivity contribution >= 4 is 40.4 Å². The Balaban J connectivity index is 1.39. The predicted octanol–water partition coefficient (Wildman–Crippen LogP) is 4.24. The minimum atomic E-state index is -0.411. The maximum atomic E-state index is 13.2. The maximum Gasteiger partial charge on any atom is 0.355 e. The third-order valence-electron chi connectivity index (χ3n) is 5.46. The number of amides is 1. The molecule has 0 aliphatic carbocycles. The highest BCUT2D eigenvalue weighted by molar-refractivity contribution is 7.99. The number of fused-ring (bicyclic) bond motifs is 1. The second kappa shape index (κ2) is 8.92. The van der Waals surface area contributed by atoms with Gasteiger partial charge in [-0.25, -0.2) is 14.8 Å². The molecular weight excluding hydrogens is 454 g/mol. The van der Waals surface area contributed by atoms with Gasteiger partial charge >= 0.3 is 5.69 Å². The van der Waals surface area contributed by atoms with Gasteiger partial charge in [-0.3, -0.25) is 9.20 Å². The van der Waals surface area contributed by atoms with Gasteiger partial charge in [-0.1, -0.05) is 47.7 Å². The van der Waals surface area contributed by atoms with Gasteiger partial charge in [-0.05, 0) is 48.6 Å². The highest BCUT2D eigenvalue weighted by Crippen LogP contribution is 2.34. The van der Waals surface area contributed by atoms with Gasteiger partial charge in [0.2, 0.25) is 0 Å². The van der Waals surface area contributed by atoms with Gasteiger partial charge < -0.3 is 0 Å². The third kappa shape index (κ3) is 4.46. The molecule has 0 spiro atoms. The number of thiophene rings is 1. The minimum absolute atomic E-state index is 0.0883. The summed E-state index contributed by atoms with van der Waals surface area (Å²) in [6.45, 7) is 3.98. The first kappa shape index (κ1) is 21.5. The highest BCUT2D eigenvalue weighted by Gasteiger charge is 2.33. The molecule has 3 aromatic heterocycles. The monoisotopic (exact) mass is 475 g/mol. The van der Waals surface area contributed by atoms with E-state index >= 15 is 0 Å². The summed E-state index contributed by atoms with van der Waals surface area (Å²) in [7, 11) is 0. The maximum absolute atomic E-state index is 13.2. The number of hydrazone groups is 1. The fraction of sp³-hybridized carbons (Fsp3) is 0.208. The van der Waals surface area contributed by atoms with Crippen molar-refractivity contribution < 1.29 is 4.79 Å². The summed E-state index contributed by atoms with van der Waals surface area (Å²) >= 11 is 2.77. The predicted molar refractivity (Wildman–Crippen MR) is 131 cm³/mol. The van der Waals surface area contributed by atoms with Crippen molar-refractivity contribution in [3.8, 4) is 0 Å². The van der Waals surface area contributed by atoms with Gasteiger partial charge in [0.05, 0.1) is 22.4 Å². The molecule has 0 bridgehead atoms. The largest absolute Gasteiger partial charge is 0.355 e. The van der Waals surface area contributed by atoms with Gasteiger partial charge in [0.1, 0.15) is 5.65 Å². The summed E-state index contributed by atoms with van der Waals surface area (Å²) in [5, 5.41) is 8.56. The van der Waals surface area contributed by atoms with Crippen molar-refractivity contribution in [1.82, 2.24) is 19.4 Å². The lowest BCUT2D eigenvalue weighted by Gasteiger charge is -2.22. The summed E-state index contributed by atoms with van der Waals surface area (Å²) in [6, 6.07) is 15.7. The molecule has 0 saturated carbocycles. The molecule has 1 atom stereocenters. The van der Waals surface area contributed by atoms with Crippen molar-refractivity contribution in [2.24, 2.45) is 5.10 Å². The Morgan fingerprint density at radius 3 is 2.70 bits per heavy atom. The summed E-state index contributed by atoms with van der Waals surface area (Å²) in [4.78, 5) is 35.1. The molecule has 1 aliphatic heterocycles. The van der Waals surface area contributed by atoms with Crippen LogP contribution in [0.2, 0.25) is 0 Å². The van der Waals surface area contributed by atoms with Crippen LogP contribution in [0.1, 0.15) is 34.0 Å². The highest BCUT2D eigenvalue weighted by atomic mass is 32.2. The van der Waals surface area contributed by atoms with Crippen LogP contribution in [0.25, 0.3) is 5.65 Å². The van der Waals surface area contributed by atoms with Gasteiger partial charge in [0, 0.05) is 12.6 Å². The van der Waals surface area contributed by atoms with Gasteiger partial charge in [-0.15, -0.1) is 11.3 Å². The fourth-order valence-corrected chi connectivity index (χ4v) is 5.14. The van der Waals surface area contributed by atoms with Crippen LogP contribution in [0.4, 0.5) is 0 Å². The smallest absolute Gasteiger partial charge is 0.272 e. The van der Waals surface area contributed by atoms with Crippen molar-refractivity contribution in [1.29, 1.82) is 0 Å². The minimum Gasteiger partial charge on any atom is -0.272 e. The van der Waals surface area contributed by atoms with Crippen molar-refractivity contribution in [2.45, 2.75) is 31.5 Å². The van der Waals surface area contributed by atoms with E-state index in [4.69, 9.17) is 5.10 Å². The number of benzene rings is 1. The average Bonchev–Trinajstić information content (AvgIpc) is 3.48. The van der Waals surface area contributed by atoms with Crippen molar-refractivity contribution in [2.75, 3.05) is 5.75 Å². The Morgan fingerprint density at radius 2 is 1.94 bits per heavy atom. The van der Waals surface area contributed by atoms with E-state index in [1.54, 1.807) is 22.5 Å². The van der Waals surface area contributed by atoms with Crippen LogP contribution in [-0.4, -0.2) is 36.7 Å². The zero-order chi connectivity index (χ0) is 22.9. The number of carbonyl (C=O) groups excluding carboxylic acids is 1. The van der Waals surface area contributed by atoms with E-state index in [-0.39, 0.29) is 22.9 Å². The van der Waals surface area contributed by atoms with E-state index in [0.29, 0.717) is 12.1 Å². The average molecular weight is 476 g/mol. The molecule has 33 heavy (non-hydrogen) atoms. The van der Waals surface area contributed by atoms with E-state index in [9.17, 15) is 9.59 Å². The lowest BCUT2D eigenvalue weighted by Crippen LogP contribution is -2.29. The number of aryl methyl sites for hydroxylation is 2. The number of thioether (sulfide) groups is 1. The summed E-state index contributed by atoms with van der Waals surface area (Å²) in [5.41, 5.74) is 4.22. The Morgan fingerprint density at radius 1 is 1.12 bits per heavy atom. The molecule has 1 aliphatic rings. The number of hydrogen-bond acceptors (Lipinski definition) is 7. The van der Waals surface area contributed by atoms with Crippen LogP contribution in [-0.2, 0) is 4.79 Å². The number of aromatic nitrogens is 3. The summed E-state index contributed by atoms with van der Waals surface area (Å²) in [5.74, 6) is -0.0597. The quantitative estimate of drug-likeness (QED) is 0.404. The van der Waals surface area contributed by atoms with Crippen LogP contribution >= 0.6 is 23.1 Å². The zero-order valence-corrected chi connectivity index (χ0v) is 19.8. The lowest BCUT2D eigenvalue weighted by molar-refractivity contribution is -0.130. The first-order chi connectivity index (χ1) is 16.0. The van der Waals surface area contributed by atoms with Gasteiger partial charge in [0.25, 0.3) is 5.91 Å². The fourth-order valence-electron chi connectivity index (χ4n) is 3.73. The summed E-state index contributed by atoms with van der Waals surface area (Å²) in [6.07, 6.45) is 2.32. The van der Waals surface area contributed by atoms with E-state index in [1.165, 1.54) is 9.96 Å². The topological polar surface area (TPSA) is 79.9 Å². The molecular formula is C24H21N5O2S2. The molecule has 4 aromatic rings. The van der Waals surface area contributed by atoms with Crippen LogP contribution in [0.15, 0.2) is 75.2 Å². The van der Waals surface area contributed by atoms with E-state index < -0.39 is 5.69 Å². The number of nitrogens with zero attached hydrogens (tertiary/aromatic N) is 5. The van der Waals surface area contributed by atoms with E-state index in [1.807, 2.05) is 55.6 Å². The second-order valence-electron chi connectivity index (χ2n) is 7.90. The molecule has 1 amide bonds. The van der Waals surface area contributed by atoms with E-state index in [2.05, 4.69) is 22.1 Å². The molecule has 0 N–H and O–H groups in total. The molecule has 7 nitrogen and oxygen atoms in total. The Kier molecular flexibility index (Phi) is 5.82. The molecule has 9 heteroatoms. The van der Waals surface area contributed by atoms with Crippen molar-refractivity contribution in [3.63, 3.8) is 0 Å². The van der Waals surface area contributed by atoms with Crippen LogP contribution in [0.5, 0.6) is 0 Å². The molecule has 166 valence electrons. The van der Waals surface area contributed by atoms with Crippen LogP contribution in [0.3, 0.4) is 0 Å². The third-order valence-corrected chi connectivity index (χ3v) is 7.21. The Hall–Kier alpha value is -3.30. The van der Waals surface area contributed by atoms with Gasteiger partial charge in [0.15, 0.2) is 5.16 Å². The van der Waals surface area contributed by atoms with E-state index in [0.717, 1.165) is 33.5 Å². The summed E-state index contributed by atoms with van der Waals surface area (Å²) < 4.78 is 1.39. The Bertz CT molecular complexity index is 1410. The first-order valence-electron chi connectivity index (χ1n) is 10.5. The normalized spacial score (nSPS) is 15.8. The number of carbonyl (C=O) groups is 1. The lowest BCUT2D eigenvalue weighted by atomic mass is 10.00. The van der Waals surface area contributed by atoms with Crippen LogP contribution < -0.4 is 5.69 Å². The number of hydrogen-bond donors (Lipinski definition) is 0. The molecule has 0 radical (unpaired) electrons. The first-order valence-corrected chi connectivity index (χ1v) is 12.3. The molecule has 0 fully saturated rings. The standard InChI is InChI=1S/C24H21N5O2S2/c1-15-5-7-17(8-6-15)19-13-18(20-4-3-11-32-20)27-29(19)22(30)14-33-23-25-21-12-16(2)9-10-28(21)24(31)26-23/h3-12,19H,13-14H2,1-2H3/t19-/m1/s1. The van der Waals surface area contributed by atoms with Gasteiger partial charge in [-0.2, -0.15) is 10.1 Å². The molecule has 0 unspecified atom stereocenters. The number of pyridine rings is 1. The van der Waals surface area contributed by atoms with Crippen molar-refractivity contribution in [3.05, 3.63) is 92.2 Å². The SMILES string of the molecule is Cc1ccc([C@H]2CC(c3cccs3)=NN2C(=O)CSc2nc(=O)n3ccc(C)cc3n2)cc1. The Labute approximate surface area is 198 Å². The number of rotatable bonds is 5. The zero-order valence-electron chi connectivity index (χ0n) is 18.1. The molecule has 4 heterocycles. The second-order valence-corrected chi connectivity index (χ2v) is 9.79. The molecule has 1 aromatic carbocycles. The van der Waals surface area contributed by atoms with Crippen LogP contribution in [0, 0.1) is 13.8 Å². The molecule has 5 rings (SSSR count). The molecule has 0 saturated heterocycles.